The van der Waals surface area contributed by atoms with Crippen LogP contribution in [0.15, 0.2) is 73.1 Å². The normalized spacial score (nSPS) is 13.9. The van der Waals surface area contributed by atoms with Crippen LogP contribution in [0, 0.1) is 0 Å². The molecule has 0 saturated carbocycles. The topological polar surface area (TPSA) is 63.6 Å². The molecule has 2 aromatic carbocycles. The van der Waals surface area contributed by atoms with E-state index in [1.165, 1.54) is 0 Å². The molecule has 1 aliphatic heterocycles. The second-order valence-electron chi connectivity index (χ2n) is 6.89. The number of morpholine rings is 1. The Hall–Kier alpha value is -3.38. The fourth-order valence-electron chi connectivity index (χ4n) is 3.34. The Kier molecular flexibility index (Phi) is 5.72. The summed E-state index contributed by atoms with van der Waals surface area (Å²) in [5.74, 6) is -0.377. The molecule has 6 heteroatoms. The molecule has 4 rings (SSSR count). The maximum atomic E-state index is 12.4. The van der Waals surface area contributed by atoms with Crippen molar-refractivity contribution in [1.29, 1.82) is 0 Å². The van der Waals surface area contributed by atoms with Gasteiger partial charge in [-0.1, -0.05) is 0 Å². The lowest BCUT2D eigenvalue weighted by Gasteiger charge is -2.28. The molecule has 2 heterocycles. The summed E-state index contributed by atoms with van der Waals surface area (Å²) >= 11 is 0. The zero-order chi connectivity index (χ0) is 20.1. The number of ketones is 1. The van der Waals surface area contributed by atoms with Crippen molar-refractivity contribution >= 4 is 17.4 Å². The third-order valence-electron chi connectivity index (χ3n) is 5.01. The average Bonchev–Trinajstić information content (AvgIpc) is 3.33. The van der Waals surface area contributed by atoms with Gasteiger partial charge in [0.15, 0.2) is 5.78 Å². The summed E-state index contributed by atoms with van der Waals surface area (Å²) in [5.41, 5.74) is 3.17. The maximum Gasteiger partial charge on any atom is 0.251 e. The van der Waals surface area contributed by atoms with E-state index in [-0.39, 0.29) is 18.2 Å². The smallest absolute Gasteiger partial charge is 0.251 e. The molecule has 1 N–H and O–H groups in total. The molecule has 0 radical (unpaired) electrons. The second kappa shape index (κ2) is 8.75. The van der Waals surface area contributed by atoms with Gasteiger partial charge in [-0.25, -0.2) is 0 Å². The molecule has 1 saturated heterocycles. The highest BCUT2D eigenvalue weighted by molar-refractivity contribution is 6.02. The first kappa shape index (κ1) is 19.0. The summed E-state index contributed by atoms with van der Waals surface area (Å²) in [6, 6.07) is 18.7. The highest BCUT2D eigenvalue weighted by atomic mass is 16.5. The average molecular weight is 389 g/mol. The Morgan fingerprint density at radius 3 is 2.07 bits per heavy atom. The summed E-state index contributed by atoms with van der Waals surface area (Å²) in [6.45, 7) is 3.12. The van der Waals surface area contributed by atoms with Gasteiger partial charge in [-0.05, 0) is 60.7 Å². The van der Waals surface area contributed by atoms with E-state index in [9.17, 15) is 9.59 Å². The standard InChI is InChI=1S/C23H23N3O3/c27-22(18-3-7-21(8-4-18)26-13-15-29-16-14-26)17-24-23(28)19-5-9-20(10-6-19)25-11-1-2-12-25/h1-12H,13-17H2,(H,24,28). The van der Waals surface area contributed by atoms with Crippen molar-refractivity contribution in [2.24, 2.45) is 0 Å². The molecule has 29 heavy (non-hydrogen) atoms. The quantitative estimate of drug-likeness (QED) is 0.659. The van der Waals surface area contributed by atoms with Crippen molar-refractivity contribution in [3.63, 3.8) is 0 Å². The third kappa shape index (κ3) is 4.55. The first-order chi connectivity index (χ1) is 14.2. The summed E-state index contributed by atoms with van der Waals surface area (Å²) < 4.78 is 7.33. The van der Waals surface area contributed by atoms with Crippen LogP contribution in [0.4, 0.5) is 5.69 Å². The number of hydrogen-bond donors (Lipinski definition) is 1. The number of aromatic nitrogens is 1. The number of hydrogen-bond acceptors (Lipinski definition) is 4. The number of Topliss-reactive ketones (excluding diaryl/α,β-unsaturated/α-hetero) is 1. The van der Waals surface area contributed by atoms with Crippen molar-refractivity contribution < 1.29 is 14.3 Å². The van der Waals surface area contributed by atoms with Crippen molar-refractivity contribution in [1.82, 2.24) is 9.88 Å². The minimum atomic E-state index is -0.262. The van der Waals surface area contributed by atoms with Crippen LogP contribution >= 0.6 is 0 Å². The van der Waals surface area contributed by atoms with Crippen molar-refractivity contribution in [3.05, 3.63) is 84.2 Å². The van der Waals surface area contributed by atoms with Crippen LogP contribution in [0.2, 0.25) is 0 Å². The van der Waals surface area contributed by atoms with Crippen LogP contribution < -0.4 is 10.2 Å². The first-order valence-corrected chi connectivity index (χ1v) is 9.68. The van der Waals surface area contributed by atoms with Crippen LogP contribution in [0.5, 0.6) is 0 Å². The lowest BCUT2D eigenvalue weighted by molar-refractivity contribution is 0.0904. The molecule has 0 bridgehead atoms. The lowest BCUT2D eigenvalue weighted by atomic mass is 10.1. The summed E-state index contributed by atoms with van der Waals surface area (Å²) in [5, 5.41) is 2.71. The second-order valence-corrected chi connectivity index (χ2v) is 6.89. The van der Waals surface area contributed by atoms with E-state index in [1.54, 1.807) is 12.1 Å². The molecular weight excluding hydrogens is 366 g/mol. The molecule has 1 aromatic heterocycles. The molecule has 0 aliphatic carbocycles. The number of nitrogens with one attached hydrogen (secondary N) is 1. The number of nitrogens with zero attached hydrogens (tertiary/aromatic N) is 2. The van der Waals surface area contributed by atoms with E-state index < -0.39 is 0 Å². The Morgan fingerprint density at radius 1 is 0.828 bits per heavy atom. The van der Waals surface area contributed by atoms with Gasteiger partial charge in [-0.15, -0.1) is 0 Å². The van der Waals surface area contributed by atoms with Crippen LogP contribution in [-0.2, 0) is 4.74 Å². The Bertz CT molecular complexity index is 958. The van der Waals surface area contributed by atoms with Gasteiger partial charge in [0, 0.05) is 48.0 Å². The van der Waals surface area contributed by atoms with Gasteiger partial charge in [0.25, 0.3) is 5.91 Å². The number of anilines is 1. The van der Waals surface area contributed by atoms with Crippen LogP contribution in [0.25, 0.3) is 5.69 Å². The van der Waals surface area contributed by atoms with E-state index in [4.69, 9.17) is 4.74 Å². The van der Waals surface area contributed by atoms with Crippen LogP contribution in [-0.4, -0.2) is 49.1 Å². The molecule has 1 fully saturated rings. The molecule has 6 nitrogen and oxygen atoms in total. The molecule has 148 valence electrons. The van der Waals surface area contributed by atoms with E-state index >= 15 is 0 Å². The van der Waals surface area contributed by atoms with Gasteiger partial charge in [-0.3, -0.25) is 9.59 Å². The molecule has 0 unspecified atom stereocenters. The van der Waals surface area contributed by atoms with Crippen molar-refractivity contribution in [3.8, 4) is 5.69 Å². The fraction of sp³-hybridized carbons (Fsp3) is 0.217. The molecular formula is C23H23N3O3. The van der Waals surface area contributed by atoms with Crippen molar-refractivity contribution in [2.75, 3.05) is 37.7 Å². The van der Waals surface area contributed by atoms with E-state index in [0.29, 0.717) is 11.1 Å². The summed E-state index contributed by atoms with van der Waals surface area (Å²) in [6.07, 6.45) is 3.89. The van der Waals surface area contributed by atoms with Crippen molar-refractivity contribution in [2.45, 2.75) is 0 Å². The van der Waals surface area contributed by atoms with E-state index in [0.717, 1.165) is 37.7 Å². The van der Waals surface area contributed by atoms with Gasteiger partial charge >= 0.3 is 0 Å². The monoisotopic (exact) mass is 389 g/mol. The minimum Gasteiger partial charge on any atom is -0.378 e. The number of benzene rings is 2. The highest BCUT2D eigenvalue weighted by Crippen LogP contribution is 2.17. The molecule has 0 atom stereocenters. The number of ether oxygens (including phenoxy) is 1. The molecule has 1 amide bonds. The highest BCUT2D eigenvalue weighted by Gasteiger charge is 2.13. The lowest BCUT2D eigenvalue weighted by Crippen LogP contribution is -2.36. The summed E-state index contributed by atoms with van der Waals surface area (Å²) in [4.78, 5) is 27.0. The zero-order valence-corrected chi connectivity index (χ0v) is 16.1. The van der Waals surface area contributed by atoms with Gasteiger partial charge < -0.3 is 19.5 Å². The van der Waals surface area contributed by atoms with Gasteiger partial charge in [0.05, 0.1) is 19.8 Å². The molecule has 1 aliphatic rings. The van der Waals surface area contributed by atoms with Gasteiger partial charge in [0.1, 0.15) is 0 Å². The van der Waals surface area contributed by atoms with E-state index in [2.05, 4.69) is 10.2 Å². The minimum absolute atomic E-state index is 0.0327. The van der Waals surface area contributed by atoms with E-state index in [1.807, 2.05) is 65.5 Å². The maximum absolute atomic E-state index is 12.4. The number of carbonyl (C=O) groups excluding carboxylic acids is 2. The Balaban J connectivity index is 1.32. The zero-order valence-electron chi connectivity index (χ0n) is 16.1. The predicted octanol–water partition coefficient (Wildman–Crippen LogP) is 2.93. The third-order valence-corrected chi connectivity index (χ3v) is 5.01. The number of carbonyl (C=O) groups is 2. The Labute approximate surface area is 169 Å². The number of amides is 1. The largest absolute Gasteiger partial charge is 0.378 e. The SMILES string of the molecule is O=C(CNC(=O)c1ccc(-n2cccc2)cc1)c1ccc(N2CCOCC2)cc1. The van der Waals surface area contributed by atoms with Gasteiger partial charge in [0.2, 0.25) is 0 Å². The summed E-state index contributed by atoms with van der Waals surface area (Å²) in [7, 11) is 0. The van der Waals surface area contributed by atoms with Gasteiger partial charge in [-0.2, -0.15) is 0 Å². The number of rotatable bonds is 6. The Morgan fingerprint density at radius 2 is 1.41 bits per heavy atom. The predicted molar refractivity (Wildman–Crippen MR) is 112 cm³/mol. The van der Waals surface area contributed by atoms with Crippen LogP contribution in [0.1, 0.15) is 20.7 Å². The molecule has 3 aromatic rings. The van der Waals surface area contributed by atoms with Crippen LogP contribution in [0.3, 0.4) is 0 Å². The molecule has 0 spiro atoms. The first-order valence-electron chi connectivity index (χ1n) is 9.68. The fourth-order valence-corrected chi connectivity index (χ4v) is 3.34.